The predicted octanol–water partition coefficient (Wildman–Crippen LogP) is 0.932. The largest absolute Gasteiger partial charge is 0.381 e. The molecule has 3 nitrogen and oxygen atoms in total. The maximum absolute atomic E-state index is 6.00. The van der Waals surface area contributed by atoms with Crippen LogP contribution in [0.2, 0.25) is 0 Å². The predicted molar refractivity (Wildman–Crippen MR) is 53.2 cm³/mol. The molecule has 0 amide bonds. The van der Waals surface area contributed by atoms with Gasteiger partial charge < -0.3 is 14.8 Å². The summed E-state index contributed by atoms with van der Waals surface area (Å²) in [6, 6.07) is 0.803. The average molecular weight is 197 g/mol. The van der Waals surface area contributed by atoms with Gasteiger partial charge in [0.05, 0.1) is 18.8 Å². The van der Waals surface area contributed by atoms with Crippen molar-refractivity contribution in [2.45, 2.75) is 43.9 Å². The van der Waals surface area contributed by atoms with Crippen molar-refractivity contribution in [3.8, 4) is 0 Å². The van der Waals surface area contributed by atoms with Crippen LogP contribution in [0.25, 0.3) is 0 Å². The van der Waals surface area contributed by atoms with Crippen molar-refractivity contribution in [2.75, 3.05) is 19.8 Å². The molecule has 0 radical (unpaired) electrons. The highest BCUT2D eigenvalue weighted by Crippen LogP contribution is 2.31. The van der Waals surface area contributed by atoms with Gasteiger partial charge in [0.15, 0.2) is 0 Å². The van der Waals surface area contributed by atoms with E-state index >= 15 is 0 Å². The third-order valence-electron chi connectivity index (χ3n) is 3.55. The van der Waals surface area contributed by atoms with Crippen LogP contribution in [0.4, 0.5) is 0 Å². The molecule has 0 aromatic carbocycles. The van der Waals surface area contributed by atoms with E-state index in [0.29, 0.717) is 18.1 Å². The zero-order chi connectivity index (χ0) is 9.38. The van der Waals surface area contributed by atoms with Crippen molar-refractivity contribution in [1.29, 1.82) is 0 Å². The lowest BCUT2D eigenvalue weighted by Crippen LogP contribution is -2.29. The first-order chi connectivity index (χ1) is 6.92. The molecular weight excluding hydrogens is 178 g/mol. The Kier molecular flexibility index (Phi) is 2.48. The van der Waals surface area contributed by atoms with Gasteiger partial charge in [0.2, 0.25) is 0 Å². The standard InChI is InChI=1S/C11H19NO2/c1-2-9(1)12-6-10-5-8-7-13-4-3-11(8)14-10/h8-12H,1-7H2. The van der Waals surface area contributed by atoms with Crippen molar-refractivity contribution in [3.63, 3.8) is 0 Å². The summed E-state index contributed by atoms with van der Waals surface area (Å²) in [4.78, 5) is 0. The van der Waals surface area contributed by atoms with Gasteiger partial charge in [-0.25, -0.2) is 0 Å². The summed E-state index contributed by atoms with van der Waals surface area (Å²) in [6.45, 7) is 2.87. The van der Waals surface area contributed by atoms with Gasteiger partial charge in [-0.2, -0.15) is 0 Å². The van der Waals surface area contributed by atoms with E-state index in [9.17, 15) is 0 Å². The lowest BCUT2D eigenvalue weighted by Gasteiger charge is -2.23. The second-order valence-electron chi connectivity index (χ2n) is 4.84. The van der Waals surface area contributed by atoms with Crippen LogP contribution < -0.4 is 5.32 Å². The molecule has 2 saturated heterocycles. The summed E-state index contributed by atoms with van der Waals surface area (Å²) in [6.07, 6.45) is 5.97. The molecule has 1 saturated carbocycles. The molecule has 14 heavy (non-hydrogen) atoms. The van der Waals surface area contributed by atoms with Gasteiger partial charge in [-0.3, -0.25) is 0 Å². The third kappa shape index (κ3) is 1.95. The van der Waals surface area contributed by atoms with Crippen LogP contribution in [0.15, 0.2) is 0 Å². The Balaban J connectivity index is 1.47. The molecule has 2 aliphatic heterocycles. The SMILES string of the molecule is C1CC2OC(CNC3CC3)CC2CO1. The summed E-state index contributed by atoms with van der Waals surface area (Å²) >= 11 is 0. The monoisotopic (exact) mass is 197 g/mol. The number of hydrogen-bond donors (Lipinski definition) is 1. The molecule has 0 aromatic heterocycles. The summed E-state index contributed by atoms with van der Waals surface area (Å²) in [5, 5.41) is 3.54. The normalized spacial score (nSPS) is 42.4. The van der Waals surface area contributed by atoms with Gasteiger partial charge in [-0.05, 0) is 25.7 Å². The maximum atomic E-state index is 6.00. The molecule has 3 heteroatoms. The number of nitrogens with one attached hydrogen (secondary N) is 1. The van der Waals surface area contributed by atoms with Gasteiger partial charge in [-0.15, -0.1) is 0 Å². The second-order valence-corrected chi connectivity index (χ2v) is 4.84. The summed E-state index contributed by atoms with van der Waals surface area (Å²) in [5.41, 5.74) is 0. The van der Waals surface area contributed by atoms with Crippen LogP contribution in [-0.2, 0) is 9.47 Å². The summed E-state index contributed by atoms with van der Waals surface area (Å²) in [5.74, 6) is 0.676. The van der Waals surface area contributed by atoms with Crippen LogP contribution in [0.3, 0.4) is 0 Å². The zero-order valence-corrected chi connectivity index (χ0v) is 8.58. The fraction of sp³-hybridized carbons (Fsp3) is 1.00. The first-order valence-electron chi connectivity index (χ1n) is 5.88. The molecule has 3 aliphatic rings. The van der Waals surface area contributed by atoms with E-state index in [2.05, 4.69) is 5.32 Å². The molecule has 80 valence electrons. The van der Waals surface area contributed by atoms with Crippen molar-refractivity contribution in [3.05, 3.63) is 0 Å². The Morgan fingerprint density at radius 1 is 1.21 bits per heavy atom. The Hall–Kier alpha value is -0.120. The molecule has 3 atom stereocenters. The highest BCUT2D eigenvalue weighted by atomic mass is 16.5. The number of rotatable bonds is 3. The van der Waals surface area contributed by atoms with E-state index < -0.39 is 0 Å². The van der Waals surface area contributed by atoms with Crippen LogP contribution in [-0.4, -0.2) is 38.0 Å². The number of fused-ring (bicyclic) bond motifs is 1. The van der Waals surface area contributed by atoms with Gasteiger partial charge in [-0.1, -0.05) is 0 Å². The maximum Gasteiger partial charge on any atom is 0.0707 e. The van der Waals surface area contributed by atoms with Crippen molar-refractivity contribution < 1.29 is 9.47 Å². The van der Waals surface area contributed by atoms with E-state index in [1.807, 2.05) is 0 Å². The van der Waals surface area contributed by atoms with Crippen LogP contribution in [0, 0.1) is 5.92 Å². The molecule has 3 fully saturated rings. The fourth-order valence-corrected chi connectivity index (χ4v) is 2.53. The lowest BCUT2D eigenvalue weighted by molar-refractivity contribution is -0.0366. The van der Waals surface area contributed by atoms with E-state index in [4.69, 9.17) is 9.47 Å². The quantitative estimate of drug-likeness (QED) is 0.730. The van der Waals surface area contributed by atoms with E-state index in [-0.39, 0.29) is 0 Å². The number of ether oxygens (including phenoxy) is 2. The molecular formula is C11H19NO2. The minimum Gasteiger partial charge on any atom is -0.381 e. The minimum absolute atomic E-state index is 0.451. The molecule has 0 bridgehead atoms. The van der Waals surface area contributed by atoms with Gasteiger partial charge in [0.1, 0.15) is 0 Å². The van der Waals surface area contributed by atoms with E-state index in [0.717, 1.165) is 32.2 Å². The Bertz CT molecular complexity index is 191. The number of hydrogen-bond acceptors (Lipinski definition) is 3. The minimum atomic E-state index is 0.451. The van der Waals surface area contributed by atoms with Crippen molar-refractivity contribution in [2.24, 2.45) is 5.92 Å². The fourth-order valence-electron chi connectivity index (χ4n) is 2.53. The molecule has 0 aromatic rings. The lowest BCUT2D eigenvalue weighted by atomic mass is 9.96. The van der Waals surface area contributed by atoms with Crippen molar-refractivity contribution in [1.82, 2.24) is 5.32 Å². The van der Waals surface area contributed by atoms with Gasteiger partial charge in [0, 0.05) is 25.1 Å². The van der Waals surface area contributed by atoms with E-state index in [1.54, 1.807) is 0 Å². The van der Waals surface area contributed by atoms with Crippen molar-refractivity contribution >= 4 is 0 Å². The smallest absolute Gasteiger partial charge is 0.0707 e. The molecule has 1 N–H and O–H groups in total. The molecule has 2 heterocycles. The summed E-state index contributed by atoms with van der Waals surface area (Å²) in [7, 11) is 0. The Morgan fingerprint density at radius 2 is 2.14 bits per heavy atom. The molecule has 3 rings (SSSR count). The van der Waals surface area contributed by atoms with E-state index in [1.165, 1.54) is 19.3 Å². The Morgan fingerprint density at radius 3 is 2.93 bits per heavy atom. The average Bonchev–Trinajstić information content (AvgIpc) is 2.94. The van der Waals surface area contributed by atoms with Crippen LogP contribution in [0.1, 0.15) is 25.7 Å². The third-order valence-corrected chi connectivity index (χ3v) is 3.55. The highest BCUT2D eigenvalue weighted by molar-refractivity contribution is 4.88. The highest BCUT2D eigenvalue weighted by Gasteiger charge is 2.37. The molecule has 0 spiro atoms. The summed E-state index contributed by atoms with van der Waals surface area (Å²) < 4.78 is 11.5. The van der Waals surface area contributed by atoms with Gasteiger partial charge in [0.25, 0.3) is 0 Å². The first-order valence-corrected chi connectivity index (χ1v) is 5.88. The Labute approximate surface area is 85.1 Å². The second kappa shape index (κ2) is 3.80. The zero-order valence-electron chi connectivity index (χ0n) is 8.58. The van der Waals surface area contributed by atoms with Gasteiger partial charge >= 0.3 is 0 Å². The topological polar surface area (TPSA) is 30.5 Å². The molecule has 1 aliphatic carbocycles. The first kappa shape index (κ1) is 9.13. The molecule has 3 unspecified atom stereocenters. The van der Waals surface area contributed by atoms with Crippen LogP contribution >= 0.6 is 0 Å². The van der Waals surface area contributed by atoms with Crippen LogP contribution in [0.5, 0.6) is 0 Å².